The molecule has 126 valence electrons. The third kappa shape index (κ3) is 4.74. The number of hydrogen-bond donors (Lipinski definition) is 1. The average Bonchev–Trinajstić information content (AvgIpc) is 3.15. The Kier molecular flexibility index (Phi) is 5.16. The number of aryl methyl sites for hydroxylation is 1. The predicted octanol–water partition coefficient (Wildman–Crippen LogP) is 2.49. The van der Waals surface area contributed by atoms with E-state index >= 15 is 0 Å². The third-order valence-electron chi connectivity index (χ3n) is 3.42. The molecule has 1 amide bonds. The molecule has 0 aliphatic carbocycles. The van der Waals surface area contributed by atoms with Gasteiger partial charge in [0.05, 0.1) is 6.21 Å². The summed E-state index contributed by atoms with van der Waals surface area (Å²) in [4.78, 5) is 12.0. The van der Waals surface area contributed by atoms with Crippen LogP contribution in [0.25, 0.3) is 0 Å². The topological polar surface area (TPSA) is 81.4 Å². The van der Waals surface area contributed by atoms with E-state index in [0.717, 1.165) is 16.8 Å². The Morgan fingerprint density at radius 2 is 1.88 bits per heavy atom. The number of hydrogen-bond acceptors (Lipinski definition) is 5. The zero-order valence-corrected chi connectivity index (χ0v) is 13.7. The molecule has 7 heteroatoms. The first-order valence-electron chi connectivity index (χ1n) is 7.68. The lowest BCUT2D eigenvalue weighted by molar-refractivity contribution is -0.118. The molecule has 0 atom stereocenters. The molecule has 0 fully saturated rings. The molecule has 0 spiro atoms. The standard InChI is InChI=1S/C18H17N5O2/c1-14-4-2-3-5-17(14)22-18(24)11-25-16-8-6-15(7-9-16)10-21-23-12-19-20-13-23/h2-10,12-13H,11H2,1H3,(H,22,24)/b21-10-. The number of rotatable bonds is 6. The molecule has 2 aromatic carbocycles. The Morgan fingerprint density at radius 3 is 2.60 bits per heavy atom. The predicted molar refractivity (Wildman–Crippen MR) is 94.8 cm³/mol. The maximum atomic E-state index is 12.0. The molecule has 0 saturated carbocycles. The van der Waals surface area contributed by atoms with Crippen LogP contribution < -0.4 is 10.1 Å². The van der Waals surface area contributed by atoms with Crippen LogP contribution in [0.2, 0.25) is 0 Å². The Hall–Kier alpha value is -3.48. The molecule has 3 aromatic rings. The van der Waals surface area contributed by atoms with Crippen LogP contribution in [0.5, 0.6) is 5.75 Å². The van der Waals surface area contributed by atoms with Crippen molar-refractivity contribution in [2.45, 2.75) is 6.92 Å². The van der Waals surface area contributed by atoms with Gasteiger partial charge in [0.25, 0.3) is 5.91 Å². The fourth-order valence-electron chi connectivity index (χ4n) is 2.09. The number of amides is 1. The zero-order valence-electron chi connectivity index (χ0n) is 13.7. The number of anilines is 1. The van der Waals surface area contributed by atoms with Gasteiger partial charge in [-0.25, -0.2) is 4.68 Å². The molecule has 1 aromatic heterocycles. The molecule has 1 heterocycles. The lowest BCUT2D eigenvalue weighted by atomic mass is 10.2. The molecule has 0 aliphatic rings. The minimum Gasteiger partial charge on any atom is -0.484 e. The summed E-state index contributed by atoms with van der Waals surface area (Å²) in [6.45, 7) is 1.89. The molecule has 1 N–H and O–H groups in total. The van der Waals surface area contributed by atoms with Crippen molar-refractivity contribution in [1.29, 1.82) is 0 Å². The van der Waals surface area contributed by atoms with Crippen LogP contribution >= 0.6 is 0 Å². The van der Waals surface area contributed by atoms with Gasteiger partial charge < -0.3 is 10.1 Å². The van der Waals surface area contributed by atoms with E-state index in [9.17, 15) is 4.79 Å². The molecule has 0 unspecified atom stereocenters. The maximum Gasteiger partial charge on any atom is 0.262 e. The van der Waals surface area contributed by atoms with Crippen molar-refractivity contribution in [3.63, 3.8) is 0 Å². The monoisotopic (exact) mass is 335 g/mol. The number of nitrogens with zero attached hydrogens (tertiary/aromatic N) is 4. The fraction of sp³-hybridized carbons (Fsp3) is 0.111. The summed E-state index contributed by atoms with van der Waals surface area (Å²) in [5, 5.41) is 14.3. The Morgan fingerprint density at radius 1 is 1.16 bits per heavy atom. The minimum absolute atomic E-state index is 0.0531. The van der Waals surface area contributed by atoms with Gasteiger partial charge in [-0.1, -0.05) is 18.2 Å². The number of carbonyl (C=O) groups is 1. The molecule has 0 saturated heterocycles. The molecule has 0 aliphatic heterocycles. The van der Waals surface area contributed by atoms with Crippen LogP contribution in [-0.4, -0.2) is 33.6 Å². The van der Waals surface area contributed by atoms with E-state index in [4.69, 9.17) is 4.74 Å². The van der Waals surface area contributed by atoms with Crippen LogP contribution in [0.4, 0.5) is 5.69 Å². The third-order valence-corrected chi connectivity index (χ3v) is 3.42. The van der Waals surface area contributed by atoms with E-state index in [0.29, 0.717) is 5.75 Å². The number of nitrogens with one attached hydrogen (secondary N) is 1. The molecular formula is C18H17N5O2. The second-order valence-electron chi connectivity index (χ2n) is 5.31. The lowest BCUT2D eigenvalue weighted by Gasteiger charge is -2.09. The van der Waals surface area contributed by atoms with Gasteiger partial charge in [-0.05, 0) is 48.4 Å². The number of para-hydroxylation sites is 1. The van der Waals surface area contributed by atoms with Gasteiger partial charge in [0.1, 0.15) is 18.4 Å². The molecule has 7 nitrogen and oxygen atoms in total. The fourth-order valence-corrected chi connectivity index (χ4v) is 2.09. The SMILES string of the molecule is Cc1ccccc1NC(=O)COc1ccc(/C=N\n2cnnc2)cc1. The highest BCUT2D eigenvalue weighted by Crippen LogP contribution is 2.14. The largest absolute Gasteiger partial charge is 0.484 e. The van der Waals surface area contributed by atoms with Gasteiger partial charge in [-0.2, -0.15) is 5.10 Å². The van der Waals surface area contributed by atoms with Crippen molar-refractivity contribution < 1.29 is 9.53 Å². The van der Waals surface area contributed by atoms with Crippen molar-refractivity contribution in [2.75, 3.05) is 11.9 Å². The van der Waals surface area contributed by atoms with Crippen molar-refractivity contribution in [3.8, 4) is 5.75 Å². The van der Waals surface area contributed by atoms with E-state index in [2.05, 4.69) is 20.6 Å². The van der Waals surface area contributed by atoms with Gasteiger partial charge in [-0.15, -0.1) is 10.2 Å². The maximum absolute atomic E-state index is 12.0. The van der Waals surface area contributed by atoms with Gasteiger partial charge in [0, 0.05) is 5.69 Å². The van der Waals surface area contributed by atoms with Crippen molar-refractivity contribution in [2.24, 2.45) is 5.10 Å². The first kappa shape index (κ1) is 16.4. The smallest absolute Gasteiger partial charge is 0.262 e. The lowest BCUT2D eigenvalue weighted by Crippen LogP contribution is -2.20. The summed E-state index contributed by atoms with van der Waals surface area (Å²) in [5.41, 5.74) is 2.69. The van der Waals surface area contributed by atoms with Crippen LogP contribution in [-0.2, 0) is 4.79 Å². The van der Waals surface area contributed by atoms with E-state index in [1.165, 1.54) is 17.3 Å². The van der Waals surface area contributed by atoms with Gasteiger partial charge in [0.15, 0.2) is 6.61 Å². The van der Waals surface area contributed by atoms with E-state index in [1.807, 2.05) is 43.3 Å². The zero-order chi connectivity index (χ0) is 17.5. The first-order valence-corrected chi connectivity index (χ1v) is 7.68. The Balaban J connectivity index is 1.51. The van der Waals surface area contributed by atoms with Crippen LogP contribution in [0.1, 0.15) is 11.1 Å². The Labute approximate surface area is 145 Å². The van der Waals surface area contributed by atoms with Gasteiger partial charge in [0.2, 0.25) is 0 Å². The van der Waals surface area contributed by atoms with E-state index in [-0.39, 0.29) is 12.5 Å². The number of carbonyl (C=O) groups excluding carboxylic acids is 1. The normalized spacial score (nSPS) is 10.8. The first-order chi connectivity index (χ1) is 12.2. The van der Waals surface area contributed by atoms with E-state index in [1.54, 1.807) is 18.3 Å². The van der Waals surface area contributed by atoms with Crippen LogP contribution in [0.3, 0.4) is 0 Å². The molecule has 3 rings (SSSR count). The summed E-state index contributed by atoms with van der Waals surface area (Å²) >= 11 is 0. The highest BCUT2D eigenvalue weighted by molar-refractivity contribution is 5.92. The quantitative estimate of drug-likeness (QED) is 0.702. The summed E-state index contributed by atoms with van der Waals surface area (Å²) in [6, 6.07) is 14.9. The van der Waals surface area contributed by atoms with Crippen molar-refractivity contribution in [1.82, 2.24) is 14.9 Å². The van der Waals surface area contributed by atoms with E-state index < -0.39 is 0 Å². The number of aromatic nitrogens is 3. The highest BCUT2D eigenvalue weighted by atomic mass is 16.5. The van der Waals surface area contributed by atoms with Crippen molar-refractivity contribution in [3.05, 3.63) is 72.3 Å². The van der Waals surface area contributed by atoms with Gasteiger partial charge >= 0.3 is 0 Å². The highest BCUT2D eigenvalue weighted by Gasteiger charge is 2.05. The molecule has 25 heavy (non-hydrogen) atoms. The summed E-state index contributed by atoms with van der Waals surface area (Å²) in [6.07, 6.45) is 4.68. The summed E-state index contributed by atoms with van der Waals surface area (Å²) < 4.78 is 7.00. The molecular weight excluding hydrogens is 318 g/mol. The van der Waals surface area contributed by atoms with Crippen LogP contribution in [0.15, 0.2) is 66.3 Å². The summed E-state index contributed by atoms with van der Waals surface area (Å²) in [7, 11) is 0. The summed E-state index contributed by atoms with van der Waals surface area (Å²) in [5.74, 6) is 0.411. The van der Waals surface area contributed by atoms with Crippen molar-refractivity contribution >= 4 is 17.8 Å². The minimum atomic E-state index is -0.201. The second kappa shape index (κ2) is 7.87. The Bertz CT molecular complexity index is 857. The van der Waals surface area contributed by atoms with Gasteiger partial charge in [-0.3, -0.25) is 4.79 Å². The van der Waals surface area contributed by atoms with Crippen LogP contribution in [0, 0.1) is 6.92 Å². The average molecular weight is 335 g/mol. The molecule has 0 bridgehead atoms. The number of benzene rings is 2. The molecule has 0 radical (unpaired) electrons. The number of ether oxygens (including phenoxy) is 1. The second-order valence-corrected chi connectivity index (χ2v) is 5.31.